The molecule has 0 aromatic heterocycles. The SMILES string of the molecule is NCN.O=[N+]([O-])O.O=[N+]([O-])O. The normalized spacial score (nSPS) is 6.00. The van der Waals surface area contributed by atoms with Gasteiger partial charge in [0.25, 0.3) is 10.2 Å². The minimum absolute atomic E-state index is 0.250. The van der Waals surface area contributed by atoms with Crippen molar-refractivity contribution in [2.75, 3.05) is 6.67 Å². The molecule has 0 aromatic rings. The molecule has 0 radical (unpaired) electrons. The molecule has 0 aliphatic rings. The van der Waals surface area contributed by atoms with E-state index in [4.69, 9.17) is 30.6 Å². The lowest BCUT2D eigenvalue weighted by Crippen LogP contribution is -2.08. The number of hydrogen-bond acceptors (Lipinski definition) is 6. The zero-order chi connectivity index (χ0) is 9.86. The van der Waals surface area contributed by atoms with Crippen LogP contribution < -0.4 is 11.5 Å². The predicted octanol–water partition coefficient (Wildman–Crippen LogP) is -1.83. The van der Waals surface area contributed by atoms with Gasteiger partial charge in [-0.05, 0) is 0 Å². The Morgan fingerprint density at radius 2 is 1.09 bits per heavy atom. The van der Waals surface area contributed by atoms with Gasteiger partial charge in [0.1, 0.15) is 0 Å². The summed E-state index contributed by atoms with van der Waals surface area (Å²) in [6.07, 6.45) is 0. The number of rotatable bonds is 0. The minimum atomic E-state index is -1.50. The lowest BCUT2D eigenvalue weighted by Gasteiger charge is -1.56. The average molecular weight is 172 g/mol. The third-order valence-electron chi connectivity index (χ3n) is 0. The van der Waals surface area contributed by atoms with E-state index in [0.29, 0.717) is 0 Å². The van der Waals surface area contributed by atoms with E-state index in [9.17, 15) is 0 Å². The van der Waals surface area contributed by atoms with Gasteiger partial charge in [0, 0.05) is 6.67 Å². The van der Waals surface area contributed by atoms with E-state index < -0.39 is 10.2 Å². The molecule has 0 fully saturated rings. The molecule has 0 amide bonds. The first-order valence-electron chi connectivity index (χ1n) is 1.95. The highest BCUT2D eigenvalue weighted by Gasteiger charge is 1.65. The van der Waals surface area contributed by atoms with Gasteiger partial charge in [-0.2, -0.15) is 0 Å². The van der Waals surface area contributed by atoms with E-state index >= 15 is 0 Å². The summed E-state index contributed by atoms with van der Waals surface area (Å²) in [6, 6.07) is 0. The Bertz CT molecular complexity index is 82.8. The third-order valence-corrected chi connectivity index (χ3v) is 0. The maximum atomic E-state index is 8.36. The molecule has 0 saturated heterocycles. The molecular formula is CH8N4O6. The largest absolute Gasteiger partial charge is 0.328 e. The first-order chi connectivity index (χ1) is 4.88. The van der Waals surface area contributed by atoms with Gasteiger partial charge in [0.05, 0.1) is 0 Å². The molecule has 10 heteroatoms. The van der Waals surface area contributed by atoms with Crippen molar-refractivity contribution in [3.05, 3.63) is 20.2 Å². The Hall–Kier alpha value is -1.68. The van der Waals surface area contributed by atoms with Crippen LogP contribution in [0.3, 0.4) is 0 Å². The summed E-state index contributed by atoms with van der Waals surface area (Å²) in [4.78, 5) is 16.7. The van der Waals surface area contributed by atoms with Crippen molar-refractivity contribution in [2.45, 2.75) is 0 Å². The quantitative estimate of drug-likeness (QED) is 0.187. The van der Waals surface area contributed by atoms with Crippen LogP contribution in [0.4, 0.5) is 0 Å². The van der Waals surface area contributed by atoms with Gasteiger partial charge in [0.2, 0.25) is 0 Å². The summed E-state index contributed by atoms with van der Waals surface area (Å²) in [6.45, 7) is 0.250. The van der Waals surface area contributed by atoms with Crippen LogP contribution in [-0.4, -0.2) is 27.3 Å². The lowest BCUT2D eigenvalue weighted by atomic mass is 11.3. The molecule has 0 rings (SSSR count). The van der Waals surface area contributed by atoms with Crippen molar-refractivity contribution in [3.63, 3.8) is 0 Å². The molecule has 0 aliphatic heterocycles. The topological polar surface area (TPSA) is 179 Å². The molecule has 11 heavy (non-hydrogen) atoms. The Kier molecular flexibility index (Phi) is 23.1. The van der Waals surface area contributed by atoms with Gasteiger partial charge in [-0.3, -0.25) is 0 Å². The van der Waals surface area contributed by atoms with Gasteiger partial charge in [-0.25, -0.2) is 0 Å². The molecule has 0 heterocycles. The maximum Gasteiger partial charge on any atom is 0.291 e. The van der Waals surface area contributed by atoms with Crippen molar-refractivity contribution >= 4 is 0 Å². The monoisotopic (exact) mass is 172 g/mol. The molecule has 6 N–H and O–H groups in total. The van der Waals surface area contributed by atoms with E-state index in [-0.39, 0.29) is 6.67 Å². The molecule has 10 nitrogen and oxygen atoms in total. The predicted molar refractivity (Wildman–Crippen MR) is 30.8 cm³/mol. The van der Waals surface area contributed by atoms with E-state index in [1.807, 2.05) is 0 Å². The molecule has 0 aliphatic carbocycles. The fourth-order valence-corrected chi connectivity index (χ4v) is 0. The Morgan fingerprint density at radius 3 is 1.09 bits per heavy atom. The lowest BCUT2D eigenvalue weighted by molar-refractivity contribution is -0.742. The van der Waals surface area contributed by atoms with Crippen molar-refractivity contribution in [3.8, 4) is 0 Å². The average Bonchev–Trinajstić information content (AvgIpc) is 1.60. The molecule has 0 atom stereocenters. The summed E-state index contributed by atoms with van der Waals surface area (Å²) in [5.41, 5.74) is 9.25. The molecule has 0 aromatic carbocycles. The van der Waals surface area contributed by atoms with Crippen LogP contribution in [-0.2, 0) is 0 Å². The van der Waals surface area contributed by atoms with Crippen LogP contribution in [0.5, 0.6) is 0 Å². The van der Waals surface area contributed by atoms with Crippen molar-refractivity contribution in [2.24, 2.45) is 11.5 Å². The third kappa shape index (κ3) is 118. The summed E-state index contributed by atoms with van der Waals surface area (Å²) >= 11 is 0. The van der Waals surface area contributed by atoms with Crippen LogP contribution in [0.25, 0.3) is 0 Å². The van der Waals surface area contributed by atoms with E-state index in [1.54, 1.807) is 0 Å². The Labute approximate surface area is 60.2 Å². The second kappa shape index (κ2) is 15.8. The first-order valence-corrected chi connectivity index (χ1v) is 1.95. The van der Waals surface area contributed by atoms with Crippen LogP contribution in [0.2, 0.25) is 0 Å². The van der Waals surface area contributed by atoms with Gasteiger partial charge in [0.15, 0.2) is 0 Å². The van der Waals surface area contributed by atoms with Crippen LogP contribution in [0.15, 0.2) is 0 Å². The van der Waals surface area contributed by atoms with E-state index in [0.717, 1.165) is 0 Å². The van der Waals surface area contributed by atoms with Gasteiger partial charge < -0.3 is 21.9 Å². The Balaban J connectivity index is -0.0000000886. The van der Waals surface area contributed by atoms with Gasteiger partial charge in [-0.15, -0.1) is 20.2 Å². The van der Waals surface area contributed by atoms with Crippen molar-refractivity contribution in [1.29, 1.82) is 0 Å². The smallest absolute Gasteiger partial charge is 0.291 e. The summed E-state index contributed by atoms with van der Waals surface area (Å²) < 4.78 is 0. The van der Waals surface area contributed by atoms with Crippen molar-refractivity contribution in [1.82, 2.24) is 0 Å². The van der Waals surface area contributed by atoms with Crippen LogP contribution in [0, 0.1) is 20.2 Å². The molecule has 0 unspecified atom stereocenters. The fraction of sp³-hybridized carbons (Fsp3) is 1.00. The fourth-order valence-electron chi connectivity index (χ4n) is 0. The second-order valence-corrected chi connectivity index (χ2v) is 0.711. The number of nitrogens with zero attached hydrogens (tertiary/aromatic N) is 2. The van der Waals surface area contributed by atoms with Gasteiger partial charge in [-0.1, -0.05) is 0 Å². The molecule has 0 saturated carbocycles. The number of nitrogens with two attached hydrogens (primary N) is 2. The highest BCUT2D eigenvalue weighted by atomic mass is 16.9. The zero-order valence-electron chi connectivity index (χ0n) is 5.28. The summed E-state index contributed by atoms with van der Waals surface area (Å²) in [5.74, 6) is 0. The van der Waals surface area contributed by atoms with Crippen LogP contribution in [0.1, 0.15) is 0 Å². The zero-order valence-corrected chi connectivity index (χ0v) is 5.28. The van der Waals surface area contributed by atoms with E-state index in [1.165, 1.54) is 0 Å². The summed E-state index contributed by atoms with van der Waals surface area (Å²) in [5, 5.41) is 27.3. The standard InChI is InChI=1S/CH6N2.2HNO3/c2-1-3;2*2-1(3)4/h1-3H2;2*(H,2,3,4). The highest BCUT2D eigenvalue weighted by Crippen LogP contribution is 1.38. The van der Waals surface area contributed by atoms with E-state index in [2.05, 4.69) is 11.5 Å². The molecule has 0 bridgehead atoms. The minimum Gasteiger partial charge on any atom is -0.328 e. The van der Waals surface area contributed by atoms with Gasteiger partial charge >= 0.3 is 0 Å². The first kappa shape index (κ1) is 16.2. The molecule has 0 spiro atoms. The van der Waals surface area contributed by atoms with Crippen molar-refractivity contribution < 1.29 is 20.6 Å². The molecule has 68 valence electrons. The Morgan fingerprint density at radius 1 is 1.09 bits per heavy atom. The number of hydrogen-bond donors (Lipinski definition) is 4. The second-order valence-electron chi connectivity index (χ2n) is 0.711. The summed E-state index contributed by atoms with van der Waals surface area (Å²) in [7, 11) is 0. The van der Waals surface area contributed by atoms with Crippen LogP contribution >= 0.6 is 0 Å². The highest BCUT2D eigenvalue weighted by molar-refractivity contribution is 3.94. The molecular weight excluding hydrogens is 164 g/mol. The maximum absolute atomic E-state index is 8.36.